The lowest BCUT2D eigenvalue weighted by molar-refractivity contribution is 0.0574. The lowest BCUT2D eigenvalue weighted by Crippen LogP contribution is -2.38. The SMILES string of the molecule is CC(C)n1ncc(Cl)c1C(=O)C1COc2ccccc2O1. The Hall–Kier alpha value is -2.01. The number of carbonyl (C=O) groups is 1. The molecule has 21 heavy (non-hydrogen) atoms. The van der Waals surface area contributed by atoms with Crippen LogP contribution in [0.1, 0.15) is 30.4 Å². The smallest absolute Gasteiger partial charge is 0.226 e. The number of benzene rings is 1. The normalized spacial score (nSPS) is 17.0. The van der Waals surface area contributed by atoms with Crippen molar-refractivity contribution in [3.05, 3.63) is 41.2 Å². The summed E-state index contributed by atoms with van der Waals surface area (Å²) >= 11 is 6.10. The quantitative estimate of drug-likeness (QED) is 0.818. The van der Waals surface area contributed by atoms with Gasteiger partial charge >= 0.3 is 0 Å². The molecule has 0 saturated heterocycles. The number of ether oxygens (including phenoxy) is 2. The minimum absolute atomic E-state index is 0.0354. The molecular formula is C15H15ClN2O3. The van der Waals surface area contributed by atoms with Crippen LogP contribution in [0.25, 0.3) is 0 Å². The van der Waals surface area contributed by atoms with Crippen LogP contribution in [-0.4, -0.2) is 28.3 Å². The van der Waals surface area contributed by atoms with E-state index < -0.39 is 6.10 Å². The minimum atomic E-state index is -0.716. The summed E-state index contributed by atoms with van der Waals surface area (Å²) in [6, 6.07) is 7.31. The van der Waals surface area contributed by atoms with E-state index in [1.807, 2.05) is 26.0 Å². The second kappa shape index (κ2) is 5.41. The molecule has 0 saturated carbocycles. The minimum Gasteiger partial charge on any atom is -0.485 e. The molecule has 3 rings (SSSR count). The number of ketones is 1. The van der Waals surface area contributed by atoms with Crippen molar-refractivity contribution < 1.29 is 14.3 Å². The van der Waals surface area contributed by atoms with E-state index >= 15 is 0 Å². The number of fused-ring (bicyclic) bond motifs is 1. The summed E-state index contributed by atoms with van der Waals surface area (Å²) in [6.07, 6.45) is 0.762. The van der Waals surface area contributed by atoms with Crippen LogP contribution in [0.15, 0.2) is 30.5 Å². The molecule has 2 heterocycles. The van der Waals surface area contributed by atoms with Gasteiger partial charge < -0.3 is 9.47 Å². The second-order valence-electron chi connectivity index (χ2n) is 5.11. The number of Topliss-reactive ketones (excluding diaryl/α,β-unsaturated/α-hetero) is 1. The van der Waals surface area contributed by atoms with Gasteiger partial charge in [-0.05, 0) is 26.0 Å². The zero-order valence-corrected chi connectivity index (χ0v) is 12.5. The predicted molar refractivity (Wildman–Crippen MR) is 78.3 cm³/mol. The van der Waals surface area contributed by atoms with Crippen molar-refractivity contribution >= 4 is 17.4 Å². The molecule has 0 fully saturated rings. The first-order valence-electron chi connectivity index (χ1n) is 6.73. The Kier molecular flexibility index (Phi) is 3.59. The molecule has 1 aromatic heterocycles. The molecular weight excluding hydrogens is 292 g/mol. The van der Waals surface area contributed by atoms with Crippen LogP contribution in [0.3, 0.4) is 0 Å². The zero-order valence-electron chi connectivity index (χ0n) is 11.7. The number of para-hydroxylation sites is 2. The van der Waals surface area contributed by atoms with Gasteiger partial charge in [0.05, 0.1) is 11.2 Å². The average molecular weight is 307 g/mol. The number of rotatable bonds is 3. The number of hydrogen-bond acceptors (Lipinski definition) is 4. The summed E-state index contributed by atoms with van der Waals surface area (Å²) in [6.45, 7) is 4.04. The zero-order chi connectivity index (χ0) is 15.0. The summed E-state index contributed by atoms with van der Waals surface area (Å²) in [5, 5.41) is 4.47. The van der Waals surface area contributed by atoms with E-state index in [4.69, 9.17) is 21.1 Å². The Bertz CT molecular complexity index is 681. The Morgan fingerprint density at radius 2 is 2.10 bits per heavy atom. The van der Waals surface area contributed by atoms with Crippen molar-refractivity contribution in [1.29, 1.82) is 0 Å². The largest absolute Gasteiger partial charge is 0.485 e. The molecule has 0 N–H and O–H groups in total. The molecule has 6 heteroatoms. The van der Waals surface area contributed by atoms with Crippen LogP contribution in [0, 0.1) is 0 Å². The summed E-state index contributed by atoms with van der Waals surface area (Å²) in [4.78, 5) is 12.7. The molecule has 1 unspecified atom stereocenters. The van der Waals surface area contributed by atoms with Gasteiger partial charge in [0.1, 0.15) is 12.3 Å². The Labute approximate surface area is 127 Å². The monoisotopic (exact) mass is 306 g/mol. The summed E-state index contributed by atoms with van der Waals surface area (Å²) in [7, 11) is 0. The molecule has 0 amide bonds. The summed E-state index contributed by atoms with van der Waals surface area (Å²) in [5.41, 5.74) is 0.361. The van der Waals surface area contributed by atoms with Gasteiger partial charge in [0.25, 0.3) is 0 Å². The third kappa shape index (κ3) is 2.49. The third-order valence-corrected chi connectivity index (χ3v) is 3.55. The number of aromatic nitrogens is 2. The maximum absolute atomic E-state index is 12.7. The maximum Gasteiger partial charge on any atom is 0.226 e. The van der Waals surface area contributed by atoms with Crippen molar-refractivity contribution in [2.45, 2.75) is 26.0 Å². The Morgan fingerprint density at radius 1 is 1.38 bits per heavy atom. The van der Waals surface area contributed by atoms with Crippen LogP contribution in [0.5, 0.6) is 11.5 Å². The van der Waals surface area contributed by atoms with Gasteiger partial charge in [-0.2, -0.15) is 5.10 Å². The fourth-order valence-corrected chi connectivity index (χ4v) is 2.49. The fraction of sp³-hybridized carbons (Fsp3) is 0.333. The highest BCUT2D eigenvalue weighted by Crippen LogP contribution is 2.32. The van der Waals surface area contributed by atoms with E-state index in [0.717, 1.165) is 0 Å². The van der Waals surface area contributed by atoms with Gasteiger partial charge in [-0.15, -0.1) is 0 Å². The summed E-state index contributed by atoms with van der Waals surface area (Å²) < 4.78 is 12.9. The van der Waals surface area contributed by atoms with E-state index in [0.29, 0.717) is 22.2 Å². The molecule has 0 radical (unpaired) electrons. The van der Waals surface area contributed by atoms with E-state index in [1.165, 1.54) is 6.20 Å². The molecule has 1 aromatic carbocycles. The van der Waals surface area contributed by atoms with Crippen LogP contribution >= 0.6 is 11.6 Å². The fourth-order valence-electron chi connectivity index (χ4n) is 2.26. The lowest BCUT2D eigenvalue weighted by atomic mass is 10.1. The first-order chi connectivity index (χ1) is 10.1. The van der Waals surface area contributed by atoms with Crippen molar-refractivity contribution in [3.8, 4) is 11.5 Å². The van der Waals surface area contributed by atoms with Crippen LogP contribution in [0.2, 0.25) is 5.02 Å². The first kappa shape index (κ1) is 13.9. The van der Waals surface area contributed by atoms with E-state index in [-0.39, 0.29) is 18.4 Å². The number of halogens is 1. The standard InChI is InChI=1S/C15H15ClN2O3/c1-9(2)18-14(10(16)7-17-18)15(19)13-8-20-11-5-3-4-6-12(11)21-13/h3-7,9,13H,8H2,1-2H3. The van der Waals surface area contributed by atoms with Gasteiger partial charge in [0, 0.05) is 6.04 Å². The highest BCUT2D eigenvalue weighted by Gasteiger charge is 2.32. The molecule has 0 spiro atoms. The predicted octanol–water partition coefficient (Wildman–Crippen LogP) is 3.14. The average Bonchev–Trinajstić information content (AvgIpc) is 2.88. The van der Waals surface area contributed by atoms with Gasteiger partial charge in [-0.3, -0.25) is 9.48 Å². The van der Waals surface area contributed by atoms with Crippen LogP contribution in [0.4, 0.5) is 0 Å². The topological polar surface area (TPSA) is 53.4 Å². The van der Waals surface area contributed by atoms with Gasteiger partial charge in [0.2, 0.25) is 5.78 Å². The lowest BCUT2D eigenvalue weighted by Gasteiger charge is -2.25. The van der Waals surface area contributed by atoms with E-state index in [9.17, 15) is 4.79 Å². The van der Waals surface area contributed by atoms with Gasteiger partial charge in [0.15, 0.2) is 17.6 Å². The molecule has 0 bridgehead atoms. The molecule has 1 atom stereocenters. The third-order valence-electron chi connectivity index (χ3n) is 3.27. The Balaban J connectivity index is 1.89. The highest BCUT2D eigenvalue weighted by molar-refractivity contribution is 6.33. The van der Waals surface area contributed by atoms with Crippen molar-refractivity contribution in [2.75, 3.05) is 6.61 Å². The molecule has 1 aliphatic heterocycles. The van der Waals surface area contributed by atoms with E-state index in [2.05, 4.69) is 5.10 Å². The molecule has 110 valence electrons. The first-order valence-corrected chi connectivity index (χ1v) is 7.11. The number of nitrogens with zero attached hydrogens (tertiary/aromatic N) is 2. The number of carbonyl (C=O) groups excluding carboxylic acids is 1. The maximum atomic E-state index is 12.7. The van der Waals surface area contributed by atoms with Gasteiger partial charge in [-0.1, -0.05) is 23.7 Å². The summed E-state index contributed by atoms with van der Waals surface area (Å²) in [5.74, 6) is 0.986. The van der Waals surface area contributed by atoms with Crippen LogP contribution in [-0.2, 0) is 0 Å². The van der Waals surface area contributed by atoms with Crippen molar-refractivity contribution in [3.63, 3.8) is 0 Å². The molecule has 0 aliphatic carbocycles. The second-order valence-corrected chi connectivity index (χ2v) is 5.52. The van der Waals surface area contributed by atoms with Gasteiger partial charge in [-0.25, -0.2) is 0 Å². The number of hydrogen-bond donors (Lipinski definition) is 0. The van der Waals surface area contributed by atoms with E-state index in [1.54, 1.807) is 16.8 Å². The Morgan fingerprint density at radius 3 is 2.81 bits per heavy atom. The van der Waals surface area contributed by atoms with Crippen molar-refractivity contribution in [1.82, 2.24) is 9.78 Å². The van der Waals surface area contributed by atoms with Crippen molar-refractivity contribution in [2.24, 2.45) is 0 Å². The molecule has 1 aliphatic rings. The molecule has 5 nitrogen and oxygen atoms in total. The molecule has 2 aromatic rings. The van der Waals surface area contributed by atoms with Crippen LogP contribution < -0.4 is 9.47 Å². The highest BCUT2D eigenvalue weighted by atomic mass is 35.5.